The van der Waals surface area contributed by atoms with E-state index in [1.54, 1.807) is 30.0 Å². The molecule has 0 heterocycles. The second-order valence-electron chi connectivity index (χ2n) is 6.01. The minimum atomic E-state index is -3.71. The number of hydrogen-bond acceptors (Lipinski definition) is 6. The topological polar surface area (TPSA) is 88.1 Å². The molecule has 0 spiro atoms. The summed E-state index contributed by atoms with van der Waals surface area (Å²) >= 11 is 1.63. The molecule has 9 heteroatoms. The standard InChI is InChI=1S/C19H23N3O4S2/c1-14-5-10-18(26-2)17(11-14)22(28(4,24)25)13-19(23)21-20-12-15-6-8-16(27-3)9-7-15/h5-12H,13H2,1-4H3,(H,21,23)/b20-12-. The lowest BCUT2D eigenvalue weighted by Crippen LogP contribution is -2.39. The van der Waals surface area contributed by atoms with Crippen molar-refractivity contribution in [2.75, 3.05) is 30.5 Å². The molecule has 7 nitrogen and oxygen atoms in total. The number of sulfonamides is 1. The zero-order valence-corrected chi connectivity index (χ0v) is 17.8. The van der Waals surface area contributed by atoms with Gasteiger partial charge in [-0.2, -0.15) is 5.10 Å². The van der Waals surface area contributed by atoms with Crippen molar-refractivity contribution in [1.29, 1.82) is 0 Å². The first kappa shape index (κ1) is 21.8. The Bertz CT molecular complexity index is 958. The summed E-state index contributed by atoms with van der Waals surface area (Å²) in [5.74, 6) is -0.202. The molecule has 0 radical (unpaired) electrons. The number of nitrogens with zero attached hydrogens (tertiary/aromatic N) is 2. The highest BCUT2D eigenvalue weighted by molar-refractivity contribution is 7.98. The highest BCUT2D eigenvalue weighted by atomic mass is 32.2. The lowest BCUT2D eigenvalue weighted by molar-refractivity contribution is -0.119. The third-order valence-corrected chi connectivity index (χ3v) is 5.68. The van der Waals surface area contributed by atoms with Crippen LogP contribution in [0, 0.1) is 6.92 Å². The summed E-state index contributed by atoms with van der Waals surface area (Å²) in [7, 11) is -2.26. The van der Waals surface area contributed by atoms with Gasteiger partial charge in [-0.15, -0.1) is 11.8 Å². The number of hydrazone groups is 1. The summed E-state index contributed by atoms with van der Waals surface area (Å²) in [5, 5.41) is 3.90. The maximum atomic E-state index is 12.3. The van der Waals surface area contributed by atoms with Gasteiger partial charge in [-0.3, -0.25) is 9.10 Å². The number of benzene rings is 2. The van der Waals surface area contributed by atoms with Crippen molar-refractivity contribution >= 4 is 39.6 Å². The second-order valence-corrected chi connectivity index (χ2v) is 8.80. The van der Waals surface area contributed by atoms with Gasteiger partial charge in [-0.05, 0) is 48.6 Å². The van der Waals surface area contributed by atoms with Crippen LogP contribution >= 0.6 is 11.8 Å². The predicted octanol–water partition coefficient (Wildman–Crippen LogP) is 2.64. The van der Waals surface area contributed by atoms with Gasteiger partial charge >= 0.3 is 0 Å². The molecule has 2 rings (SSSR count). The van der Waals surface area contributed by atoms with Gasteiger partial charge in [0.15, 0.2) is 0 Å². The SMILES string of the molecule is COc1ccc(C)cc1N(CC(=O)N/N=C\c1ccc(SC)cc1)S(C)(=O)=O. The Hall–Kier alpha value is -2.52. The number of nitrogens with one attached hydrogen (secondary N) is 1. The lowest BCUT2D eigenvalue weighted by atomic mass is 10.2. The van der Waals surface area contributed by atoms with Crippen molar-refractivity contribution in [3.63, 3.8) is 0 Å². The molecule has 0 fully saturated rings. The molecule has 150 valence electrons. The van der Waals surface area contributed by atoms with Gasteiger partial charge in [-0.25, -0.2) is 13.8 Å². The summed E-state index contributed by atoms with van der Waals surface area (Å²) in [6.07, 6.45) is 4.53. The number of hydrogen-bond donors (Lipinski definition) is 1. The van der Waals surface area contributed by atoms with E-state index < -0.39 is 22.5 Å². The third-order valence-electron chi connectivity index (χ3n) is 3.81. The van der Waals surface area contributed by atoms with E-state index in [0.717, 1.165) is 26.6 Å². The average Bonchev–Trinajstić information content (AvgIpc) is 2.65. The molecule has 28 heavy (non-hydrogen) atoms. The van der Waals surface area contributed by atoms with Crippen molar-refractivity contribution in [2.24, 2.45) is 5.10 Å². The van der Waals surface area contributed by atoms with Crippen LogP contribution < -0.4 is 14.5 Å². The first-order chi connectivity index (χ1) is 13.2. The van der Waals surface area contributed by atoms with Gasteiger partial charge in [-0.1, -0.05) is 18.2 Å². The van der Waals surface area contributed by atoms with Gasteiger partial charge in [0.2, 0.25) is 10.0 Å². The zero-order chi connectivity index (χ0) is 20.7. The van der Waals surface area contributed by atoms with Crippen LogP contribution in [0.4, 0.5) is 5.69 Å². The Morgan fingerprint density at radius 3 is 2.50 bits per heavy atom. The molecular weight excluding hydrogens is 398 g/mol. The number of ether oxygens (including phenoxy) is 1. The number of aryl methyl sites for hydroxylation is 1. The van der Waals surface area contributed by atoms with Crippen LogP contribution in [0.2, 0.25) is 0 Å². The fraction of sp³-hybridized carbons (Fsp3) is 0.263. The van der Waals surface area contributed by atoms with E-state index in [0.29, 0.717) is 11.4 Å². The van der Waals surface area contributed by atoms with E-state index in [-0.39, 0.29) is 0 Å². The summed E-state index contributed by atoms with van der Waals surface area (Å²) in [5.41, 5.74) is 4.33. The lowest BCUT2D eigenvalue weighted by Gasteiger charge is -2.23. The number of rotatable bonds is 8. The number of thioether (sulfide) groups is 1. The summed E-state index contributed by atoms with van der Waals surface area (Å²) in [4.78, 5) is 13.4. The molecule has 0 aliphatic carbocycles. The number of methoxy groups -OCH3 is 1. The van der Waals surface area contributed by atoms with E-state index in [9.17, 15) is 13.2 Å². The van der Waals surface area contributed by atoms with E-state index in [2.05, 4.69) is 10.5 Å². The highest BCUT2D eigenvalue weighted by Crippen LogP contribution is 2.30. The van der Waals surface area contributed by atoms with Gasteiger partial charge < -0.3 is 4.74 Å². The van der Waals surface area contributed by atoms with Crippen molar-refractivity contribution in [3.8, 4) is 5.75 Å². The Morgan fingerprint density at radius 2 is 1.93 bits per heavy atom. The first-order valence-corrected chi connectivity index (χ1v) is 11.4. The zero-order valence-electron chi connectivity index (χ0n) is 16.2. The molecular formula is C19H23N3O4S2. The minimum absolute atomic E-state index is 0.303. The molecule has 0 aromatic heterocycles. The summed E-state index contributed by atoms with van der Waals surface area (Å²) in [6.45, 7) is 1.41. The van der Waals surface area contributed by atoms with Gasteiger partial charge in [0, 0.05) is 4.90 Å². The highest BCUT2D eigenvalue weighted by Gasteiger charge is 2.24. The number of anilines is 1. The van der Waals surface area contributed by atoms with Crippen LogP contribution in [0.5, 0.6) is 5.75 Å². The Kier molecular flexibility index (Phi) is 7.47. The smallest absolute Gasteiger partial charge is 0.260 e. The Morgan fingerprint density at radius 1 is 1.25 bits per heavy atom. The maximum Gasteiger partial charge on any atom is 0.260 e. The van der Waals surface area contributed by atoms with Crippen LogP contribution in [-0.2, 0) is 14.8 Å². The van der Waals surface area contributed by atoms with Crippen molar-refractivity contribution in [3.05, 3.63) is 53.6 Å². The molecule has 0 unspecified atom stereocenters. The van der Waals surface area contributed by atoms with Gasteiger partial charge in [0.25, 0.3) is 5.91 Å². The number of carbonyl (C=O) groups excluding carboxylic acids is 1. The van der Waals surface area contributed by atoms with Crippen LogP contribution in [-0.4, -0.2) is 46.7 Å². The maximum absolute atomic E-state index is 12.3. The summed E-state index contributed by atoms with van der Waals surface area (Å²) in [6, 6.07) is 12.8. The molecule has 2 aromatic carbocycles. The molecule has 0 aliphatic heterocycles. The Labute approximate surface area is 169 Å². The molecule has 0 aliphatic rings. The molecule has 0 bridgehead atoms. The largest absolute Gasteiger partial charge is 0.495 e. The fourth-order valence-electron chi connectivity index (χ4n) is 2.41. The van der Waals surface area contributed by atoms with Gasteiger partial charge in [0.05, 0.1) is 25.3 Å². The molecule has 0 atom stereocenters. The molecule has 0 saturated heterocycles. The van der Waals surface area contributed by atoms with E-state index in [1.807, 2.05) is 37.4 Å². The summed E-state index contributed by atoms with van der Waals surface area (Å²) < 4.78 is 30.7. The van der Waals surface area contributed by atoms with Crippen molar-refractivity contribution in [1.82, 2.24) is 5.43 Å². The van der Waals surface area contributed by atoms with Crippen LogP contribution in [0.25, 0.3) is 0 Å². The molecule has 2 aromatic rings. The number of amides is 1. The molecule has 0 saturated carbocycles. The van der Waals surface area contributed by atoms with Gasteiger partial charge in [0.1, 0.15) is 12.3 Å². The second kappa shape index (κ2) is 9.61. The monoisotopic (exact) mass is 421 g/mol. The van der Waals surface area contributed by atoms with Crippen LogP contribution in [0.1, 0.15) is 11.1 Å². The van der Waals surface area contributed by atoms with E-state index >= 15 is 0 Å². The Balaban J connectivity index is 2.13. The van der Waals surface area contributed by atoms with Crippen LogP contribution in [0.3, 0.4) is 0 Å². The quantitative estimate of drug-likeness (QED) is 0.402. The normalized spacial score (nSPS) is 11.4. The number of carbonyl (C=O) groups is 1. The molecule has 1 N–H and O–H groups in total. The average molecular weight is 422 g/mol. The fourth-order valence-corrected chi connectivity index (χ4v) is 3.67. The van der Waals surface area contributed by atoms with E-state index in [1.165, 1.54) is 13.3 Å². The predicted molar refractivity (Wildman–Crippen MR) is 114 cm³/mol. The van der Waals surface area contributed by atoms with Crippen molar-refractivity contribution < 1.29 is 17.9 Å². The third kappa shape index (κ3) is 6.00. The first-order valence-electron chi connectivity index (χ1n) is 8.33. The van der Waals surface area contributed by atoms with Crippen LogP contribution in [0.15, 0.2) is 52.5 Å². The minimum Gasteiger partial charge on any atom is -0.495 e. The molecule has 1 amide bonds. The van der Waals surface area contributed by atoms with Crippen molar-refractivity contribution in [2.45, 2.75) is 11.8 Å². The van der Waals surface area contributed by atoms with E-state index in [4.69, 9.17) is 4.74 Å².